The number of aliphatic hydroxyl groups excluding tert-OH is 1. The lowest BCUT2D eigenvalue weighted by Gasteiger charge is -2.61. The third kappa shape index (κ3) is 4.52. The Labute approximate surface area is 196 Å². The van der Waals surface area contributed by atoms with Crippen molar-refractivity contribution in [2.75, 3.05) is 13.1 Å². The van der Waals surface area contributed by atoms with Crippen molar-refractivity contribution in [3.8, 4) is 0 Å². The van der Waals surface area contributed by atoms with Gasteiger partial charge in [-0.25, -0.2) is 0 Å². The van der Waals surface area contributed by atoms with Crippen molar-refractivity contribution in [1.82, 2.24) is 5.32 Å². The number of hydrogen-bond donors (Lipinski definition) is 3. The zero-order chi connectivity index (χ0) is 22.9. The lowest BCUT2D eigenvalue weighted by molar-refractivity contribution is -0.129. The molecule has 9 atom stereocenters. The Morgan fingerprint density at radius 2 is 1.78 bits per heavy atom. The fraction of sp³-hybridized carbons (Fsp3) is 0.964. The molecule has 4 aliphatic rings. The highest BCUT2D eigenvalue weighted by atomic mass is 16.3. The van der Waals surface area contributed by atoms with E-state index in [0.717, 1.165) is 68.2 Å². The third-order valence-corrected chi connectivity index (χ3v) is 11.2. The zero-order valence-electron chi connectivity index (χ0n) is 21.1. The first-order valence-electron chi connectivity index (χ1n) is 13.9. The summed E-state index contributed by atoms with van der Waals surface area (Å²) in [5.41, 5.74) is 6.48. The largest absolute Gasteiger partial charge is 0.393 e. The molecule has 4 aliphatic carbocycles. The van der Waals surface area contributed by atoms with Gasteiger partial charge in [-0.3, -0.25) is 4.79 Å². The van der Waals surface area contributed by atoms with Gasteiger partial charge in [0.05, 0.1) is 6.10 Å². The molecule has 0 aromatic rings. The lowest BCUT2D eigenvalue weighted by Crippen LogP contribution is -2.54. The van der Waals surface area contributed by atoms with E-state index in [0.29, 0.717) is 29.7 Å². The van der Waals surface area contributed by atoms with E-state index in [4.69, 9.17) is 5.73 Å². The normalized spacial score (nSPS) is 44.3. The number of aliphatic hydroxyl groups is 1. The van der Waals surface area contributed by atoms with Crippen LogP contribution in [-0.2, 0) is 4.79 Å². The molecule has 3 unspecified atom stereocenters. The van der Waals surface area contributed by atoms with Gasteiger partial charge < -0.3 is 16.2 Å². The molecule has 0 heterocycles. The van der Waals surface area contributed by atoms with E-state index in [1.54, 1.807) is 0 Å². The Morgan fingerprint density at radius 1 is 1.03 bits per heavy atom. The second-order valence-electron chi connectivity index (χ2n) is 12.7. The van der Waals surface area contributed by atoms with E-state index in [1.807, 2.05) is 0 Å². The molecule has 32 heavy (non-hydrogen) atoms. The van der Waals surface area contributed by atoms with Crippen LogP contribution < -0.4 is 11.1 Å². The standard InChI is InChI=1S/C28H50N2O2/c1-19(6-11-26(32)30-17-5-4-16-29)23-9-10-24-22-8-7-20-18-21(31)12-14-27(20,2)25(22)13-15-28(23,24)3/h19-25,31H,4-18,29H2,1-3H3,(H,30,32)/t19-,20-,21-,22+,23?,24?,25?,27+,28-/m1/s1. The minimum Gasteiger partial charge on any atom is -0.393 e. The molecule has 0 spiro atoms. The van der Waals surface area contributed by atoms with Gasteiger partial charge in [-0.05, 0) is 130 Å². The molecular formula is C28H50N2O2. The molecule has 0 aromatic carbocycles. The van der Waals surface area contributed by atoms with Crippen molar-refractivity contribution >= 4 is 5.91 Å². The molecule has 0 aliphatic heterocycles. The van der Waals surface area contributed by atoms with Gasteiger partial charge in [0.15, 0.2) is 0 Å². The van der Waals surface area contributed by atoms with Crippen LogP contribution in [0.3, 0.4) is 0 Å². The summed E-state index contributed by atoms with van der Waals surface area (Å²) in [5, 5.41) is 13.4. The van der Waals surface area contributed by atoms with Gasteiger partial charge in [0.1, 0.15) is 0 Å². The van der Waals surface area contributed by atoms with Crippen LogP contribution in [0.1, 0.15) is 104 Å². The quantitative estimate of drug-likeness (QED) is 0.444. The average molecular weight is 447 g/mol. The van der Waals surface area contributed by atoms with Crippen molar-refractivity contribution in [3.05, 3.63) is 0 Å². The van der Waals surface area contributed by atoms with Gasteiger partial charge in [0, 0.05) is 13.0 Å². The predicted octanol–water partition coefficient (Wildman–Crippen LogP) is 5.28. The maximum absolute atomic E-state index is 12.3. The Hall–Kier alpha value is -0.610. The fourth-order valence-electron chi connectivity index (χ4n) is 9.36. The van der Waals surface area contributed by atoms with E-state index in [9.17, 15) is 9.90 Å². The molecule has 1 amide bonds. The maximum Gasteiger partial charge on any atom is 0.220 e. The van der Waals surface area contributed by atoms with Gasteiger partial charge in [-0.1, -0.05) is 20.8 Å². The van der Waals surface area contributed by atoms with Crippen LogP contribution in [0.5, 0.6) is 0 Å². The number of rotatable bonds is 8. The first-order valence-corrected chi connectivity index (χ1v) is 13.9. The maximum atomic E-state index is 12.3. The van der Waals surface area contributed by atoms with Crippen LogP contribution in [0.25, 0.3) is 0 Å². The second-order valence-corrected chi connectivity index (χ2v) is 12.7. The molecule has 0 saturated heterocycles. The SMILES string of the molecule is C[C@H](CCC(=O)NCCCCN)C1CCC2[C@@H]3CC[C@@H]4C[C@H](O)CC[C@]4(C)C3CC[C@@]21C. The smallest absolute Gasteiger partial charge is 0.220 e. The number of unbranched alkanes of at least 4 members (excludes halogenated alkanes) is 1. The topological polar surface area (TPSA) is 75.4 Å². The number of fused-ring (bicyclic) bond motifs is 5. The van der Waals surface area contributed by atoms with Crippen molar-refractivity contribution in [2.24, 2.45) is 52.1 Å². The minimum absolute atomic E-state index is 0.0481. The number of hydrogen-bond acceptors (Lipinski definition) is 3. The zero-order valence-corrected chi connectivity index (χ0v) is 21.1. The number of amides is 1. The Kier molecular flexibility index (Phi) is 7.61. The second kappa shape index (κ2) is 9.94. The Balaban J connectivity index is 1.35. The fourth-order valence-corrected chi connectivity index (χ4v) is 9.36. The summed E-state index contributed by atoms with van der Waals surface area (Å²) in [4.78, 5) is 12.3. The highest BCUT2D eigenvalue weighted by Gasteiger charge is 2.60. The molecule has 0 bridgehead atoms. The van der Waals surface area contributed by atoms with E-state index >= 15 is 0 Å². The average Bonchev–Trinajstić information content (AvgIpc) is 3.13. The highest BCUT2D eigenvalue weighted by Crippen LogP contribution is 2.68. The summed E-state index contributed by atoms with van der Waals surface area (Å²) in [5.74, 6) is 5.03. The van der Waals surface area contributed by atoms with Crippen molar-refractivity contribution in [1.29, 1.82) is 0 Å². The van der Waals surface area contributed by atoms with E-state index in [2.05, 4.69) is 26.1 Å². The molecule has 4 heteroatoms. The lowest BCUT2D eigenvalue weighted by atomic mass is 9.44. The number of nitrogens with two attached hydrogens (primary N) is 1. The van der Waals surface area contributed by atoms with Gasteiger partial charge in [-0.15, -0.1) is 0 Å². The summed E-state index contributed by atoms with van der Waals surface area (Å²) < 4.78 is 0. The first-order chi connectivity index (χ1) is 15.3. The Bertz CT molecular complexity index is 653. The molecule has 4 saturated carbocycles. The van der Waals surface area contributed by atoms with Gasteiger partial charge in [0.2, 0.25) is 5.91 Å². The molecule has 4 N–H and O–H groups in total. The van der Waals surface area contributed by atoms with E-state index in [1.165, 1.54) is 44.9 Å². The number of carbonyl (C=O) groups is 1. The highest BCUT2D eigenvalue weighted by molar-refractivity contribution is 5.75. The molecule has 0 aromatic heterocycles. The first kappa shape index (κ1) is 24.5. The third-order valence-electron chi connectivity index (χ3n) is 11.2. The van der Waals surface area contributed by atoms with Crippen molar-refractivity contribution < 1.29 is 9.90 Å². The van der Waals surface area contributed by atoms with Crippen molar-refractivity contribution in [3.63, 3.8) is 0 Å². The van der Waals surface area contributed by atoms with Gasteiger partial charge in [-0.2, -0.15) is 0 Å². The molecular weight excluding hydrogens is 396 g/mol. The van der Waals surface area contributed by atoms with E-state index < -0.39 is 0 Å². The van der Waals surface area contributed by atoms with Crippen LogP contribution in [0.4, 0.5) is 0 Å². The minimum atomic E-state index is -0.0481. The summed E-state index contributed by atoms with van der Waals surface area (Å²) >= 11 is 0. The molecule has 4 fully saturated rings. The van der Waals surface area contributed by atoms with Gasteiger partial charge in [0.25, 0.3) is 0 Å². The van der Waals surface area contributed by atoms with E-state index in [-0.39, 0.29) is 12.0 Å². The molecule has 4 nitrogen and oxygen atoms in total. The van der Waals surface area contributed by atoms with Crippen LogP contribution in [0.2, 0.25) is 0 Å². The van der Waals surface area contributed by atoms with Crippen LogP contribution in [0, 0.1) is 46.3 Å². The predicted molar refractivity (Wildman–Crippen MR) is 131 cm³/mol. The van der Waals surface area contributed by atoms with Crippen LogP contribution in [-0.4, -0.2) is 30.2 Å². The number of carbonyl (C=O) groups excluding carboxylic acids is 1. The van der Waals surface area contributed by atoms with Crippen LogP contribution in [0.15, 0.2) is 0 Å². The van der Waals surface area contributed by atoms with Crippen LogP contribution >= 0.6 is 0 Å². The summed E-state index contributed by atoms with van der Waals surface area (Å²) in [6, 6.07) is 0. The Morgan fingerprint density at radius 3 is 2.56 bits per heavy atom. The molecule has 0 radical (unpaired) electrons. The number of nitrogens with one attached hydrogen (secondary N) is 1. The summed E-state index contributed by atoms with van der Waals surface area (Å²) in [6.07, 6.45) is 15.2. The summed E-state index contributed by atoms with van der Waals surface area (Å²) in [7, 11) is 0. The monoisotopic (exact) mass is 446 g/mol. The van der Waals surface area contributed by atoms with Crippen molar-refractivity contribution in [2.45, 2.75) is 110 Å². The molecule has 184 valence electrons. The molecule has 4 rings (SSSR count). The summed E-state index contributed by atoms with van der Waals surface area (Å²) in [6.45, 7) is 9.11. The van der Waals surface area contributed by atoms with Gasteiger partial charge >= 0.3 is 0 Å².